The summed E-state index contributed by atoms with van der Waals surface area (Å²) < 4.78 is 0. The van der Waals surface area contributed by atoms with Crippen LogP contribution < -0.4 is 0 Å². The highest BCUT2D eigenvalue weighted by atomic mass is 16.2. The van der Waals surface area contributed by atoms with E-state index in [1.54, 1.807) is 0 Å². The summed E-state index contributed by atoms with van der Waals surface area (Å²) >= 11 is 0. The first-order valence-corrected chi connectivity index (χ1v) is 7.31. The van der Waals surface area contributed by atoms with Gasteiger partial charge in [-0.25, -0.2) is 0 Å². The molecule has 1 aromatic rings. The van der Waals surface area contributed by atoms with Crippen molar-refractivity contribution in [3.8, 4) is 0 Å². The lowest BCUT2D eigenvalue weighted by Gasteiger charge is -2.36. The van der Waals surface area contributed by atoms with E-state index in [0.29, 0.717) is 13.0 Å². The molecule has 2 aliphatic rings. The fourth-order valence-corrected chi connectivity index (χ4v) is 3.09. The average molecular weight is 267 g/mol. The first-order chi connectivity index (χ1) is 9.55. The van der Waals surface area contributed by atoms with E-state index in [0.717, 1.165) is 18.5 Å². The highest BCUT2D eigenvalue weighted by Crippen LogP contribution is 2.39. The molecule has 3 rings (SSSR count). The van der Waals surface area contributed by atoms with Gasteiger partial charge >= 0.3 is 0 Å². The molecule has 1 heterocycles. The molecule has 1 aliphatic heterocycles. The molecule has 0 aromatic heterocycles. The summed E-state index contributed by atoms with van der Waals surface area (Å²) in [5.74, 6) is 0.247. The van der Waals surface area contributed by atoms with Crippen molar-refractivity contribution in [2.45, 2.75) is 39.7 Å². The maximum atomic E-state index is 12.3. The van der Waals surface area contributed by atoms with Gasteiger partial charge in [-0.05, 0) is 35.5 Å². The first-order valence-electron chi connectivity index (χ1n) is 7.31. The van der Waals surface area contributed by atoms with Gasteiger partial charge in [0, 0.05) is 12.1 Å². The molecule has 20 heavy (non-hydrogen) atoms. The summed E-state index contributed by atoms with van der Waals surface area (Å²) in [4.78, 5) is 14.2. The lowest BCUT2D eigenvalue weighted by atomic mass is 9.78. The van der Waals surface area contributed by atoms with E-state index in [1.807, 2.05) is 23.1 Å². The first kappa shape index (κ1) is 13.2. The number of benzene rings is 1. The summed E-state index contributed by atoms with van der Waals surface area (Å²) in [6.45, 7) is 5.19. The Hall–Kier alpha value is -1.83. The molecule has 0 fully saturated rings. The number of nitrogens with zero attached hydrogens (tertiary/aromatic N) is 1. The minimum Gasteiger partial charge on any atom is -0.308 e. The molecule has 0 radical (unpaired) electrons. The SMILES string of the molecule is CC1(C)C=CC2=C(CCC(=O)N2Cc2ccccc2)C1. The molecule has 0 spiro atoms. The second-order valence-corrected chi connectivity index (χ2v) is 6.45. The molecule has 1 aromatic carbocycles. The predicted octanol–water partition coefficient (Wildman–Crippen LogP) is 4.05. The van der Waals surface area contributed by atoms with Gasteiger partial charge in [0.15, 0.2) is 0 Å². The Bertz CT molecular complexity index is 581. The maximum absolute atomic E-state index is 12.3. The molecule has 1 amide bonds. The molecule has 2 heteroatoms. The van der Waals surface area contributed by atoms with Gasteiger partial charge in [0.25, 0.3) is 0 Å². The van der Waals surface area contributed by atoms with Crippen molar-refractivity contribution < 1.29 is 4.79 Å². The fraction of sp³-hybridized carbons (Fsp3) is 0.389. The molecule has 0 unspecified atom stereocenters. The minimum atomic E-state index is 0.220. The van der Waals surface area contributed by atoms with Crippen LogP contribution in [0.3, 0.4) is 0 Å². The summed E-state index contributed by atoms with van der Waals surface area (Å²) in [5.41, 5.74) is 3.99. The van der Waals surface area contributed by atoms with Crippen LogP contribution in [-0.2, 0) is 11.3 Å². The Morgan fingerprint density at radius 1 is 1.15 bits per heavy atom. The topological polar surface area (TPSA) is 20.3 Å². The van der Waals surface area contributed by atoms with E-state index >= 15 is 0 Å². The highest BCUT2D eigenvalue weighted by molar-refractivity contribution is 5.80. The van der Waals surface area contributed by atoms with Crippen LogP contribution in [0.15, 0.2) is 53.8 Å². The Kier molecular flexibility index (Phi) is 3.25. The number of hydrogen-bond donors (Lipinski definition) is 0. The molecule has 0 atom stereocenters. The van der Waals surface area contributed by atoms with Gasteiger partial charge in [-0.3, -0.25) is 4.79 Å². The number of carbonyl (C=O) groups excluding carboxylic acids is 1. The third kappa shape index (κ3) is 2.55. The number of amides is 1. The predicted molar refractivity (Wildman–Crippen MR) is 80.8 cm³/mol. The smallest absolute Gasteiger partial charge is 0.227 e. The maximum Gasteiger partial charge on any atom is 0.227 e. The van der Waals surface area contributed by atoms with Crippen molar-refractivity contribution in [1.29, 1.82) is 0 Å². The quantitative estimate of drug-likeness (QED) is 0.791. The normalized spacial score (nSPS) is 21.1. The fourth-order valence-electron chi connectivity index (χ4n) is 3.09. The van der Waals surface area contributed by atoms with Crippen molar-refractivity contribution in [2.24, 2.45) is 5.41 Å². The van der Waals surface area contributed by atoms with Gasteiger partial charge < -0.3 is 4.90 Å². The standard InChI is InChI=1S/C18H21NO/c1-18(2)11-10-16-15(12-18)8-9-17(20)19(16)13-14-6-4-3-5-7-14/h3-7,10-11H,8-9,12-13H2,1-2H3. The van der Waals surface area contributed by atoms with Crippen molar-refractivity contribution in [1.82, 2.24) is 4.90 Å². The summed E-state index contributed by atoms with van der Waals surface area (Å²) in [6.07, 6.45) is 7.03. The Balaban J connectivity index is 1.89. The molecule has 0 saturated carbocycles. The lowest BCUT2D eigenvalue weighted by molar-refractivity contribution is -0.130. The number of allylic oxidation sites excluding steroid dienone is 3. The van der Waals surface area contributed by atoms with Crippen molar-refractivity contribution in [3.05, 3.63) is 59.3 Å². The van der Waals surface area contributed by atoms with Crippen LogP contribution in [0, 0.1) is 5.41 Å². The highest BCUT2D eigenvalue weighted by Gasteiger charge is 2.31. The average Bonchev–Trinajstić information content (AvgIpc) is 2.42. The Labute approximate surface area is 120 Å². The monoisotopic (exact) mass is 267 g/mol. The summed E-state index contributed by atoms with van der Waals surface area (Å²) in [6, 6.07) is 10.2. The largest absolute Gasteiger partial charge is 0.308 e. The van der Waals surface area contributed by atoms with Crippen LogP contribution in [0.4, 0.5) is 0 Å². The van der Waals surface area contributed by atoms with Crippen LogP contribution in [0.5, 0.6) is 0 Å². The number of rotatable bonds is 2. The van der Waals surface area contributed by atoms with Crippen LogP contribution in [0.2, 0.25) is 0 Å². The van der Waals surface area contributed by atoms with Crippen molar-refractivity contribution >= 4 is 5.91 Å². The third-order valence-electron chi connectivity index (χ3n) is 4.14. The van der Waals surface area contributed by atoms with Crippen LogP contribution in [0.25, 0.3) is 0 Å². The summed E-state index contributed by atoms with van der Waals surface area (Å²) in [5, 5.41) is 0. The van der Waals surface area contributed by atoms with Crippen LogP contribution >= 0.6 is 0 Å². The van der Waals surface area contributed by atoms with Crippen molar-refractivity contribution in [2.75, 3.05) is 0 Å². The molecule has 1 aliphatic carbocycles. The van der Waals surface area contributed by atoms with E-state index in [-0.39, 0.29) is 11.3 Å². The molecule has 104 valence electrons. The van der Waals surface area contributed by atoms with Gasteiger partial charge in [0.2, 0.25) is 5.91 Å². The molecular formula is C18H21NO. The Morgan fingerprint density at radius 3 is 2.65 bits per heavy atom. The van der Waals surface area contributed by atoms with Gasteiger partial charge in [0.05, 0.1) is 6.54 Å². The van der Waals surface area contributed by atoms with Crippen molar-refractivity contribution in [3.63, 3.8) is 0 Å². The molecule has 0 saturated heterocycles. The van der Waals surface area contributed by atoms with Gasteiger partial charge in [-0.15, -0.1) is 0 Å². The van der Waals surface area contributed by atoms with Gasteiger partial charge in [0.1, 0.15) is 0 Å². The summed E-state index contributed by atoms with van der Waals surface area (Å²) in [7, 11) is 0. The second kappa shape index (κ2) is 4.93. The molecule has 0 bridgehead atoms. The zero-order valence-corrected chi connectivity index (χ0v) is 12.2. The number of carbonyl (C=O) groups is 1. The molecule has 2 nitrogen and oxygen atoms in total. The minimum absolute atomic E-state index is 0.220. The zero-order chi connectivity index (χ0) is 14.2. The number of hydrogen-bond acceptors (Lipinski definition) is 1. The third-order valence-corrected chi connectivity index (χ3v) is 4.14. The van der Waals surface area contributed by atoms with Gasteiger partial charge in [-0.2, -0.15) is 0 Å². The second-order valence-electron chi connectivity index (χ2n) is 6.45. The Morgan fingerprint density at radius 2 is 1.90 bits per heavy atom. The van der Waals surface area contributed by atoms with Crippen LogP contribution in [-0.4, -0.2) is 10.8 Å². The van der Waals surface area contributed by atoms with E-state index in [9.17, 15) is 4.79 Å². The lowest BCUT2D eigenvalue weighted by Crippen LogP contribution is -2.35. The zero-order valence-electron chi connectivity index (χ0n) is 12.2. The van der Waals surface area contributed by atoms with E-state index in [2.05, 4.69) is 38.1 Å². The van der Waals surface area contributed by atoms with E-state index < -0.39 is 0 Å². The van der Waals surface area contributed by atoms with E-state index in [1.165, 1.54) is 11.1 Å². The van der Waals surface area contributed by atoms with E-state index in [4.69, 9.17) is 0 Å². The van der Waals surface area contributed by atoms with Crippen LogP contribution in [0.1, 0.15) is 38.7 Å². The molecule has 0 N–H and O–H groups in total. The van der Waals surface area contributed by atoms with Gasteiger partial charge in [-0.1, -0.05) is 50.3 Å². The molecular weight excluding hydrogens is 246 g/mol.